The molecule has 1 N–H and O–H groups in total. The molecule has 0 saturated heterocycles. The molecule has 1 heterocycles. The molecule has 1 aromatic heterocycles. The summed E-state index contributed by atoms with van der Waals surface area (Å²) in [4.78, 5) is 9.33. The average molecular weight is 294 g/mol. The van der Waals surface area contributed by atoms with Crippen molar-refractivity contribution in [3.8, 4) is 0 Å². The lowest BCUT2D eigenvalue weighted by atomic mass is 10.0. The summed E-state index contributed by atoms with van der Waals surface area (Å²) in [6.07, 6.45) is 1.41. The predicted molar refractivity (Wildman–Crippen MR) is 72.5 cm³/mol. The molecule has 0 aromatic carbocycles. The van der Waals surface area contributed by atoms with E-state index in [-0.39, 0.29) is 0 Å². The Balaban J connectivity index is 3.13. The fourth-order valence-corrected chi connectivity index (χ4v) is 3.00. The molecule has 102 valence electrons. The van der Waals surface area contributed by atoms with E-state index in [1.54, 1.807) is 16.8 Å². The maximum absolute atomic E-state index is 13.8. The Bertz CT molecular complexity index is 455. The maximum atomic E-state index is 13.8. The third-order valence-corrected chi connectivity index (χ3v) is 5.25. The number of allylic oxidation sites excluding steroid dienone is 2. The van der Waals surface area contributed by atoms with Crippen LogP contribution in [0.5, 0.6) is 0 Å². The van der Waals surface area contributed by atoms with Crippen LogP contribution in [0.3, 0.4) is 0 Å². The number of alkyl halides is 2. The highest BCUT2D eigenvalue weighted by atomic mass is 32.1. The monoisotopic (exact) mass is 294 g/mol. The van der Waals surface area contributed by atoms with Gasteiger partial charge in [0.25, 0.3) is 7.37 Å². The second-order valence-electron chi connectivity index (χ2n) is 4.04. The zero-order chi connectivity index (χ0) is 13.8. The molecule has 0 bridgehead atoms. The Labute approximate surface area is 110 Å². The van der Waals surface area contributed by atoms with Crippen LogP contribution >= 0.6 is 18.7 Å². The Morgan fingerprint density at radius 1 is 1.56 bits per heavy atom. The van der Waals surface area contributed by atoms with Crippen molar-refractivity contribution in [3.05, 3.63) is 28.5 Å². The van der Waals surface area contributed by atoms with Crippen molar-refractivity contribution >= 4 is 24.3 Å². The molecular formula is C12H17F2O2PS. The maximum Gasteiger partial charge on any atom is 0.340 e. The number of halogens is 2. The number of thiophene rings is 1. The van der Waals surface area contributed by atoms with E-state index >= 15 is 0 Å². The quantitative estimate of drug-likeness (QED) is 0.764. The minimum atomic E-state index is -4.46. The highest BCUT2D eigenvalue weighted by Gasteiger charge is 2.45. The van der Waals surface area contributed by atoms with Crippen LogP contribution in [0.4, 0.5) is 8.78 Å². The van der Waals surface area contributed by atoms with Gasteiger partial charge in [-0.3, -0.25) is 4.57 Å². The molecule has 0 aliphatic heterocycles. The number of hydrogen-bond acceptors (Lipinski definition) is 2. The Morgan fingerprint density at radius 3 is 2.67 bits per heavy atom. The predicted octanol–water partition coefficient (Wildman–Crippen LogP) is 4.81. The van der Waals surface area contributed by atoms with Gasteiger partial charge in [-0.05, 0) is 40.5 Å². The molecule has 1 atom stereocenters. The summed E-state index contributed by atoms with van der Waals surface area (Å²) in [6.45, 7) is 3.18. The van der Waals surface area contributed by atoms with Crippen LogP contribution in [0.2, 0.25) is 0 Å². The zero-order valence-corrected chi connectivity index (χ0v) is 12.1. The highest BCUT2D eigenvalue weighted by Crippen LogP contribution is 2.57. The molecule has 0 saturated carbocycles. The van der Waals surface area contributed by atoms with Crippen molar-refractivity contribution in [3.63, 3.8) is 0 Å². The van der Waals surface area contributed by atoms with Gasteiger partial charge in [0, 0.05) is 6.16 Å². The summed E-state index contributed by atoms with van der Waals surface area (Å²) < 4.78 is 39.0. The normalized spacial score (nSPS) is 16.6. The molecule has 2 nitrogen and oxygen atoms in total. The van der Waals surface area contributed by atoms with E-state index in [2.05, 4.69) is 0 Å². The summed E-state index contributed by atoms with van der Waals surface area (Å²) in [5.74, 6) is 0. The van der Waals surface area contributed by atoms with E-state index in [9.17, 15) is 18.2 Å². The number of rotatable bonds is 6. The first-order valence-electron chi connectivity index (χ1n) is 5.78. The summed E-state index contributed by atoms with van der Waals surface area (Å²) >= 11 is 1.42. The number of hydrogen-bond donors (Lipinski definition) is 1. The van der Waals surface area contributed by atoms with E-state index in [0.29, 0.717) is 30.1 Å². The van der Waals surface area contributed by atoms with Crippen LogP contribution in [0.25, 0.3) is 5.57 Å². The Kier molecular flexibility index (Phi) is 5.26. The van der Waals surface area contributed by atoms with Crippen LogP contribution in [-0.2, 0) is 4.57 Å². The molecule has 1 aromatic rings. The largest absolute Gasteiger partial charge is 0.340 e. The standard InChI is InChI=1S/C12H17F2O2PS/c1-3-5-10(11-6-7-18-9-11)8-12(13,14)17(15,16)4-2/h6-9H,3-5H2,1-2H3,(H,15,16)/b10-8+. The molecule has 18 heavy (non-hydrogen) atoms. The van der Waals surface area contributed by atoms with Gasteiger partial charge in [0.1, 0.15) is 0 Å². The first-order valence-corrected chi connectivity index (χ1v) is 8.57. The lowest BCUT2D eigenvalue weighted by Crippen LogP contribution is -2.15. The molecule has 0 spiro atoms. The van der Waals surface area contributed by atoms with Gasteiger partial charge >= 0.3 is 5.66 Å². The van der Waals surface area contributed by atoms with Gasteiger partial charge in [0.2, 0.25) is 0 Å². The smallest absolute Gasteiger partial charge is 0.340 e. The topological polar surface area (TPSA) is 37.3 Å². The Morgan fingerprint density at radius 2 is 2.22 bits per heavy atom. The molecule has 0 radical (unpaired) electrons. The molecule has 0 aliphatic carbocycles. The van der Waals surface area contributed by atoms with Gasteiger partial charge < -0.3 is 4.89 Å². The van der Waals surface area contributed by atoms with E-state index < -0.39 is 19.2 Å². The average Bonchev–Trinajstić information content (AvgIpc) is 2.81. The van der Waals surface area contributed by atoms with E-state index in [1.165, 1.54) is 18.3 Å². The van der Waals surface area contributed by atoms with Gasteiger partial charge in [0.15, 0.2) is 0 Å². The minimum Gasteiger partial charge on any atom is -0.340 e. The molecule has 0 amide bonds. The van der Waals surface area contributed by atoms with Gasteiger partial charge in [-0.15, -0.1) is 0 Å². The van der Waals surface area contributed by atoms with Gasteiger partial charge in [0.05, 0.1) is 0 Å². The molecule has 0 fully saturated rings. The van der Waals surface area contributed by atoms with Crippen LogP contribution in [0, 0.1) is 0 Å². The van der Waals surface area contributed by atoms with Crippen LogP contribution in [0.15, 0.2) is 22.9 Å². The zero-order valence-electron chi connectivity index (χ0n) is 10.4. The van der Waals surface area contributed by atoms with Crippen molar-refractivity contribution in [1.82, 2.24) is 0 Å². The third kappa shape index (κ3) is 3.50. The lowest BCUT2D eigenvalue weighted by Gasteiger charge is -2.19. The molecule has 6 heteroatoms. The molecular weight excluding hydrogens is 277 g/mol. The lowest BCUT2D eigenvalue weighted by molar-refractivity contribution is 0.130. The van der Waals surface area contributed by atoms with Crippen molar-refractivity contribution < 1.29 is 18.2 Å². The van der Waals surface area contributed by atoms with E-state index in [1.807, 2.05) is 6.92 Å². The fraction of sp³-hybridized carbons (Fsp3) is 0.500. The summed E-state index contributed by atoms with van der Waals surface area (Å²) in [6, 6.07) is 1.75. The van der Waals surface area contributed by atoms with Crippen LogP contribution < -0.4 is 0 Å². The van der Waals surface area contributed by atoms with Crippen molar-refractivity contribution in [2.24, 2.45) is 0 Å². The van der Waals surface area contributed by atoms with Crippen molar-refractivity contribution in [2.75, 3.05) is 6.16 Å². The molecule has 1 unspecified atom stereocenters. The SMILES string of the molecule is CCC/C(=C\C(F)(F)P(=O)(O)CC)c1ccsc1. The fourth-order valence-electron chi connectivity index (χ4n) is 1.54. The molecule has 1 rings (SSSR count). The van der Waals surface area contributed by atoms with Crippen LogP contribution in [-0.4, -0.2) is 16.7 Å². The Hall–Kier alpha value is -0.510. The first-order chi connectivity index (χ1) is 8.34. The van der Waals surface area contributed by atoms with Gasteiger partial charge in [-0.1, -0.05) is 20.3 Å². The van der Waals surface area contributed by atoms with E-state index in [0.717, 1.165) is 0 Å². The highest BCUT2D eigenvalue weighted by molar-refractivity contribution is 7.59. The van der Waals surface area contributed by atoms with Crippen molar-refractivity contribution in [1.29, 1.82) is 0 Å². The summed E-state index contributed by atoms with van der Waals surface area (Å²) in [7, 11) is -4.46. The second kappa shape index (κ2) is 6.09. The summed E-state index contributed by atoms with van der Waals surface area (Å²) in [5.41, 5.74) is -2.52. The van der Waals surface area contributed by atoms with Gasteiger partial charge in [-0.2, -0.15) is 20.1 Å². The third-order valence-electron chi connectivity index (χ3n) is 2.65. The first kappa shape index (κ1) is 15.5. The van der Waals surface area contributed by atoms with E-state index in [4.69, 9.17) is 0 Å². The summed E-state index contributed by atoms with van der Waals surface area (Å²) in [5, 5.41) is 3.57. The van der Waals surface area contributed by atoms with Crippen molar-refractivity contribution in [2.45, 2.75) is 32.4 Å². The minimum absolute atomic E-state index is 0.431. The second-order valence-corrected chi connectivity index (χ2v) is 7.45. The van der Waals surface area contributed by atoms with Gasteiger partial charge in [-0.25, -0.2) is 0 Å². The van der Waals surface area contributed by atoms with Crippen LogP contribution in [0.1, 0.15) is 32.3 Å². The molecule has 0 aliphatic rings.